The Hall–Kier alpha value is -4.26. The molecule has 3 unspecified atom stereocenters. The Morgan fingerprint density at radius 1 is 0.774 bits per heavy atom. The summed E-state index contributed by atoms with van der Waals surface area (Å²) in [7, 11) is -0.714. The second-order valence-corrected chi connectivity index (χ2v) is 23.1. The normalized spacial score (nSPS) is 17.9. The molecule has 4 aromatic rings. The van der Waals surface area contributed by atoms with Crippen LogP contribution in [0, 0.1) is 0 Å². The van der Waals surface area contributed by atoms with E-state index in [2.05, 4.69) is 70.7 Å². The number of halogens is 1. The maximum atomic E-state index is 14.1. The van der Waals surface area contributed by atoms with Crippen molar-refractivity contribution in [2.45, 2.75) is 102 Å². The predicted molar refractivity (Wildman–Crippen MR) is 250 cm³/mol. The standard InChI is InChI=1S/C50H67ClN2O8Si/c1-36(2)62(37(3)4,38(5)6)61-48-33-53(50(54)60-34-39-15-9-8-10-16-39)32-47(59-35-40-19-24-46-44(31-40)52(26-30-58-46)25-13-27-55-7)49(48)41-20-22-42(23-21-41)56-28-14-29-57-45-18-12-11-17-43(45)51/h8-12,15-24,31,36-38,47-49H,13-14,25-30,32-35H2,1-7H3. The summed E-state index contributed by atoms with van der Waals surface area (Å²) in [4.78, 5) is 18.2. The SMILES string of the molecule is COCCCN1CCOc2ccc(COC3CN(C(=O)OCc4ccccc4)CC(O[Si](C(C)C)(C(C)C)C(C)C)C3c3ccc(OCCCOc4ccccc4Cl)cc3)cc21. The number of likely N-dealkylation sites (tertiary alicyclic amines) is 1. The van der Waals surface area contributed by atoms with Gasteiger partial charge in [-0.1, -0.05) is 114 Å². The Morgan fingerprint density at radius 3 is 2.18 bits per heavy atom. The van der Waals surface area contributed by atoms with Crippen LogP contribution < -0.4 is 19.1 Å². The number of methoxy groups -OCH3 is 1. The summed E-state index contributed by atoms with van der Waals surface area (Å²) in [6.45, 7) is 19.1. The monoisotopic (exact) mass is 886 g/mol. The second-order valence-electron chi connectivity index (χ2n) is 17.3. The van der Waals surface area contributed by atoms with Crippen molar-refractivity contribution in [3.05, 3.63) is 119 Å². The van der Waals surface area contributed by atoms with E-state index in [1.807, 2.05) is 72.8 Å². The number of hydrogen-bond acceptors (Lipinski definition) is 9. The number of piperidine rings is 1. The van der Waals surface area contributed by atoms with Crippen LogP contribution in [-0.4, -0.2) is 91.2 Å². The number of amides is 1. The van der Waals surface area contributed by atoms with Gasteiger partial charge in [0.15, 0.2) is 0 Å². The molecule has 0 bridgehead atoms. The molecule has 336 valence electrons. The maximum Gasteiger partial charge on any atom is 0.410 e. The van der Waals surface area contributed by atoms with Crippen molar-refractivity contribution in [2.75, 3.05) is 64.6 Å². The Labute approximate surface area is 375 Å². The molecule has 1 fully saturated rings. The van der Waals surface area contributed by atoms with Gasteiger partial charge in [-0.05, 0) is 76.1 Å². The van der Waals surface area contributed by atoms with E-state index in [0.29, 0.717) is 79.9 Å². The van der Waals surface area contributed by atoms with Crippen LogP contribution in [0.15, 0.2) is 97.1 Å². The van der Waals surface area contributed by atoms with Gasteiger partial charge in [-0.15, -0.1) is 0 Å². The summed E-state index contributed by atoms with van der Waals surface area (Å²) in [6, 6.07) is 31.9. The van der Waals surface area contributed by atoms with E-state index in [1.165, 1.54) is 0 Å². The first kappa shape index (κ1) is 47.2. The van der Waals surface area contributed by atoms with E-state index in [4.69, 9.17) is 44.4 Å². The van der Waals surface area contributed by atoms with E-state index < -0.39 is 14.4 Å². The highest BCUT2D eigenvalue weighted by Crippen LogP contribution is 2.46. The van der Waals surface area contributed by atoms with E-state index in [-0.39, 0.29) is 24.7 Å². The molecule has 2 heterocycles. The molecule has 12 heteroatoms. The van der Waals surface area contributed by atoms with Gasteiger partial charge in [-0.2, -0.15) is 0 Å². The fourth-order valence-electron chi connectivity index (χ4n) is 9.32. The highest BCUT2D eigenvalue weighted by molar-refractivity contribution is 6.77. The molecule has 4 aromatic carbocycles. The first-order valence-electron chi connectivity index (χ1n) is 22.3. The number of rotatable bonds is 21. The summed E-state index contributed by atoms with van der Waals surface area (Å²) in [5.74, 6) is 2.13. The third kappa shape index (κ3) is 12.0. The number of anilines is 1. The van der Waals surface area contributed by atoms with Crippen LogP contribution in [-0.2, 0) is 31.9 Å². The zero-order chi connectivity index (χ0) is 44.1. The highest BCUT2D eigenvalue weighted by Gasteiger charge is 2.51. The van der Waals surface area contributed by atoms with Crippen LogP contribution in [0.2, 0.25) is 21.6 Å². The number of fused-ring (bicyclic) bond motifs is 1. The summed E-state index contributed by atoms with van der Waals surface area (Å²) in [5, 5.41) is 0.594. The number of para-hydroxylation sites is 1. The van der Waals surface area contributed by atoms with Crippen molar-refractivity contribution < 1.29 is 37.6 Å². The van der Waals surface area contributed by atoms with E-state index in [9.17, 15) is 4.79 Å². The minimum Gasteiger partial charge on any atom is -0.493 e. The number of ether oxygens (including phenoxy) is 6. The molecular formula is C50H67ClN2O8Si. The van der Waals surface area contributed by atoms with E-state index in [1.54, 1.807) is 12.0 Å². The Morgan fingerprint density at radius 2 is 1.47 bits per heavy atom. The van der Waals surface area contributed by atoms with Gasteiger partial charge < -0.3 is 42.6 Å². The topological polar surface area (TPSA) is 88.2 Å². The largest absolute Gasteiger partial charge is 0.493 e. The molecule has 10 nitrogen and oxygen atoms in total. The lowest BCUT2D eigenvalue weighted by Gasteiger charge is -2.50. The van der Waals surface area contributed by atoms with Gasteiger partial charge in [-0.25, -0.2) is 4.79 Å². The average molecular weight is 888 g/mol. The molecule has 0 radical (unpaired) electrons. The van der Waals surface area contributed by atoms with E-state index >= 15 is 0 Å². The van der Waals surface area contributed by atoms with Crippen molar-refractivity contribution in [1.29, 1.82) is 0 Å². The predicted octanol–water partition coefficient (Wildman–Crippen LogP) is 11.3. The third-order valence-electron chi connectivity index (χ3n) is 12.3. The summed E-state index contributed by atoms with van der Waals surface area (Å²) >= 11 is 6.27. The van der Waals surface area contributed by atoms with Gasteiger partial charge in [0.2, 0.25) is 8.32 Å². The molecule has 6 rings (SSSR count). The zero-order valence-electron chi connectivity index (χ0n) is 37.7. The molecule has 0 N–H and O–H groups in total. The molecule has 2 aliphatic rings. The average Bonchev–Trinajstić information content (AvgIpc) is 3.27. The highest BCUT2D eigenvalue weighted by atomic mass is 35.5. The summed E-state index contributed by atoms with van der Waals surface area (Å²) in [5.41, 5.74) is 5.12. The Balaban J connectivity index is 1.28. The van der Waals surface area contributed by atoms with Crippen LogP contribution in [0.4, 0.5) is 10.5 Å². The smallest absolute Gasteiger partial charge is 0.410 e. The van der Waals surface area contributed by atoms with Crippen molar-refractivity contribution >= 4 is 31.7 Å². The first-order chi connectivity index (χ1) is 30.0. The van der Waals surface area contributed by atoms with Gasteiger partial charge in [-0.3, -0.25) is 0 Å². The summed E-state index contributed by atoms with van der Waals surface area (Å²) in [6.07, 6.45) is 0.492. The van der Waals surface area contributed by atoms with Crippen LogP contribution in [0.1, 0.15) is 77.0 Å². The third-order valence-corrected chi connectivity index (χ3v) is 18.7. The molecule has 0 spiro atoms. The number of carbonyl (C=O) groups is 1. The zero-order valence-corrected chi connectivity index (χ0v) is 39.5. The molecule has 0 aliphatic carbocycles. The molecular weight excluding hydrogens is 820 g/mol. The van der Waals surface area contributed by atoms with Crippen molar-refractivity contribution in [2.24, 2.45) is 0 Å². The molecule has 0 saturated carbocycles. The second kappa shape index (κ2) is 22.9. The van der Waals surface area contributed by atoms with Gasteiger partial charge in [0.25, 0.3) is 0 Å². The minimum absolute atomic E-state index is 0.180. The van der Waals surface area contributed by atoms with Gasteiger partial charge in [0.1, 0.15) is 30.5 Å². The lowest BCUT2D eigenvalue weighted by atomic mass is 9.84. The van der Waals surface area contributed by atoms with Crippen LogP contribution in [0.25, 0.3) is 0 Å². The molecule has 1 amide bonds. The maximum absolute atomic E-state index is 14.1. The van der Waals surface area contributed by atoms with E-state index in [0.717, 1.165) is 53.4 Å². The minimum atomic E-state index is -2.45. The quantitative estimate of drug-likeness (QED) is 0.0599. The number of carbonyl (C=O) groups excluding carboxylic acids is 1. The van der Waals surface area contributed by atoms with Crippen LogP contribution in [0.5, 0.6) is 17.2 Å². The van der Waals surface area contributed by atoms with Crippen LogP contribution in [0.3, 0.4) is 0 Å². The number of nitrogens with zero attached hydrogens (tertiary/aromatic N) is 2. The Bertz CT molecular complexity index is 1960. The number of benzene rings is 4. The Kier molecular flexibility index (Phi) is 17.4. The van der Waals surface area contributed by atoms with Crippen molar-refractivity contribution in [3.63, 3.8) is 0 Å². The first-order valence-corrected chi connectivity index (χ1v) is 24.9. The molecule has 2 aliphatic heterocycles. The van der Waals surface area contributed by atoms with Crippen molar-refractivity contribution in [1.82, 2.24) is 4.90 Å². The summed E-state index contributed by atoms with van der Waals surface area (Å²) < 4.78 is 44.2. The van der Waals surface area contributed by atoms with Gasteiger partial charge in [0, 0.05) is 39.1 Å². The van der Waals surface area contributed by atoms with Crippen LogP contribution >= 0.6 is 11.6 Å². The fourth-order valence-corrected chi connectivity index (χ4v) is 15.1. The molecule has 62 heavy (non-hydrogen) atoms. The fraction of sp³-hybridized carbons (Fsp3) is 0.500. The van der Waals surface area contributed by atoms with Gasteiger partial charge in [0.05, 0.1) is 55.8 Å². The lowest BCUT2D eigenvalue weighted by molar-refractivity contribution is -0.0663. The molecule has 0 aromatic heterocycles. The van der Waals surface area contributed by atoms with Gasteiger partial charge >= 0.3 is 6.09 Å². The molecule has 1 saturated heterocycles. The molecule has 3 atom stereocenters. The number of hydrogen-bond donors (Lipinski definition) is 0. The lowest BCUT2D eigenvalue weighted by Crippen LogP contribution is -2.59. The van der Waals surface area contributed by atoms with Crippen molar-refractivity contribution in [3.8, 4) is 17.2 Å².